The summed E-state index contributed by atoms with van der Waals surface area (Å²) < 4.78 is 19.7. The Morgan fingerprint density at radius 3 is 2.43 bits per heavy atom. The van der Waals surface area contributed by atoms with Crippen LogP contribution in [0.2, 0.25) is 0 Å². The zero-order chi connectivity index (χ0) is 15.4. The predicted octanol–water partition coefficient (Wildman–Crippen LogP) is 4.30. The van der Waals surface area contributed by atoms with Crippen molar-refractivity contribution in [3.8, 4) is 5.75 Å². The van der Waals surface area contributed by atoms with Crippen LogP contribution in [-0.2, 0) is 0 Å². The van der Waals surface area contributed by atoms with Gasteiger partial charge in [0.05, 0.1) is 0 Å². The Kier molecular flexibility index (Phi) is 4.97. The minimum absolute atomic E-state index is 0.143. The minimum atomic E-state index is -0.279. The number of rotatable bonds is 5. The second-order valence-corrected chi connectivity index (χ2v) is 5.38. The molecule has 0 saturated heterocycles. The lowest BCUT2D eigenvalue weighted by Crippen LogP contribution is -2.32. The van der Waals surface area contributed by atoms with E-state index in [-0.39, 0.29) is 18.0 Å². The first-order valence-electron chi connectivity index (χ1n) is 7.26. The highest BCUT2D eigenvalue weighted by Crippen LogP contribution is 2.28. The first kappa shape index (κ1) is 15.5. The van der Waals surface area contributed by atoms with Crippen LogP contribution in [0, 0.1) is 19.7 Å². The van der Waals surface area contributed by atoms with Crippen molar-refractivity contribution < 1.29 is 9.13 Å². The first-order valence-corrected chi connectivity index (χ1v) is 7.26. The van der Waals surface area contributed by atoms with Gasteiger partial charge in [-0.2, -0.15) is 0 Å². The number of benzene rings is 2. The lowest BCUT2D eigenvalue weighted by Gasteiger charge is -2.26. The van der Waals surface area contributed by atoms with Gasteiger partial charge in [0.15, 0.2) is 0 Å². The fourth-order valence-corrected chi connectivity index (χ4v) is 2.30. The highest BCUT2D eigenvalue weighted by molar-refractivity contribution is 5.32. The normalized spacial score (nSPS) is 13.8. The topological polar surface area (TPSA) is 35.2 Å². The molecule has 2 rings (SSSR count). The van der Waals surface area contributed by atoms with Crippen molar-refractivity contribution in [3.63, 3.8) is 0 Å². The molecule has 0 aliphatic heterocycles. The summed E-state index contributed by atoms with van der Waals surface area (Å²) in [6.45, 7) is 5.79. The van der Waals surface area contributed by atoms with Gasteiger partial charge in [-0.15, -0.1) is 0 Å². The molecule has 0 aromatic heterocycles. The van der Waals surface area contributed by atoms with Gasteiger partial charge in [0.2, 0.25) is 0 Å². The average Bonchev–Trinajstić information content (AvgIpc) is 2.48. The molecule has 3 heteroatoms. The van der Waals surface area contributed by atoms with Gasteiger partial charge in [-0.3, -0.25) is 0 Å². The monoisotopic (exact) mass is 287 g/mol. The van der Waals surface area contributed by atoms with Gasteiger partial charge < -0.3 is 10.5 Å². The fourth-order valence-electron chi connectivity index (χ4n) is 2.30. The van der Waals surface area contributed by atoms with Crippen molar-refractivity contribution in [2.24, 2.45) is 5.73 Å². The second kappa shape index (κ2) is 6.72. The first-order chi connectivity index (χ1) is 10.0. The third-order valence-electron chi connectivity index (χ3n) is 3.76. The summed E-state index contributed by atoms with van der Waals surface area (Å²) in [7, 11) is 0. The molecule has 0 radical (unpaired) electrons. The Bertz CT molecular complexity index is 612. The number of halogens is 1. The van der Waals surface area contributed by atoms with Crippen LogP contribution in [-0.4, -0.2) is 6.04 Å². The maximum Gasteiger partial charge on any atom is 0.139 e. The zero-order valence-electron chi connectivity index (χ0n) is 12.8. The molecule has 2 aromatic carbocycles. The van der Waals surface area contributed by atoms with Gasteiger partial charge in [0.1, 0.15) is 17.7 Å². The predicted molar refractivity (Wildman–Crippen MR) is 84.0 cm³/mol. The van der Waals surface area contributed by atoms with Gasteiger partial charge in [-0.25, -0.2) is 4.39 Å². The van der Waals surface area contributed by atoms with E-state index in [4.69, 9.17) is 10.5 Å². The standard InChI is InChI=1S/C18H22FNO/c1-4-17(20)18(15-8-6-5-7-12(15)2)21-14-10-9-13(3)16(19)11-14/h5-11,17-18H,4,20H2,1-3H3. The van der Waals surface area contributed by atoms with Crippen LogP contribution < -0.4 is 10.5 Å². The minimum Gasteiger partial charge on any atom is -0.484 e. The summed E-state index contributed by atoms with van der Waals surface area (Å²) in [5.41, 5.74) is 8.99. The quantitative estimate of drug-likeness (QED) is 0.890. The maximum atomic E-state index is 13.7. The SMILES string of the molecule is CCC(N)C(Oc1ccc(C)c(F)c1)c1ccccc1C. The lowest BCUT2D eigenvalue weighted by atomic mass is 9.96. The Balaban J connectivity index is 2.33. The van der Waals surface area contributed by atoms with Crippen molar-refractivity contribution in [2.75, 3.05) is 0 Å². The number of nitrogens with two attached hydrogens (primary N) is 1. The summed E-state index contributed by atoms with van der Waals surface area (Å²) in [6, 6.07) is 12.8. The molecule has 0 spiro atoms. The number of hydrogen-bond donors (Lipinski definition) is 1. The van der Waals surface area contributed by atoms with E-state index >= 15 is 0 Å². The molecule has 0 bridgehead atoms. The van der Waals surface area contributed by atoms with E-state index in [2.05, 4.69) is 0 Å². The van der Waals surface area contributed by atoms with E-state index in [0.29, 0.717) is 11.3 Å². The van der Waals surface area contributed by atoms with E-state index < -0.39 is 0 Å². The molecule has 2 N–H and O–H groups in total. The van der Waals surface area contributed by atoms with Gasteiger partial charge in [-0.05, 0) is 43.0 Å². The van der Waals surface area contributed by atoms with Crippen LogP contribution in [0.25, 0.3) is 0 Å². The molecule has 112 valence electrons. The molecule has 2 nitrogen and oxygen atoms in total. The van der Waals surface area contributed by atoms with E-state index in [0.717, 1.165) is 17.5 Å². The summed E-state index contributed by atoms with van der Waals surface area (Å²) >= 11 is 0. The van der Waals surface area contributed by atoms with E-state index in [1.807, 2.05) is 38.1 Å². The van der Waals surface area contributed by atoms with Crippen LogP contribution in [0.3, 0.4) is 0 Å². The van der Waals surface area contributed by atoms with Gasteiger partial charge in [0, 0.05) is 12.1 Å². The van der Waals surface area contributed by atoms with Crippen LogP contribution in [0.5, 0.6) is 5.75 Å². The molecule has 2 aromatic rings. The molecule has 0 aliphatic carbocycles. The van der Waals surface area contributed by atoms with Crippen LogP contribution >= 0.6 is 0 Å². The molecule has 0 fully saturated rings. The highest BCUT2D eigenvalue weighted by atomic mass is 19.1. The van der Waals surface area contributed by atoms with Crippen LogP contribution in [0.4, 0.5) is 4.39 Å². The van der Waals surface area contributed by atoms with Gasteiger partial charge in [0.25, 0.3) is 0 Å². The number of ether oxygens (including phenoxy) is 1. The van der Waals surface area contributed by atoms with Crippen molar-refractivity contribution in [2.45, 2.75) is 39.3 Å². The van der Waals surface area contributed by atoms with Crippen molar-refractivity contribution in [3.05, 3.63) is 65.0 Å². The van der Waals surface area contributed by atoms with Gasteiger partial charge >= 0.3 is 0 Å². The number of hydrogen-bond acceptors (Lipinski definition) is 2. The van der Waals surface area contributed by atoms with Crippen LogP contribution in [0.1, 0.15) is 36.1 Å². The Hall–Kier alpha value is -1.87. The molecular weight excluding hydrogens is 265 g/mol. The summed E-state index contributed by atoms with van der Waals surface area (Å²) in [5.74, 6) is 0.247. The Labute approximate surface area is 125 Å². The lowest BCUT2D eigenvalue weighted by molar-refractivity contribution is 0.169. The molecule has 0 saturated carbocycles. The van der Waals surface area contributed by atoms with Crippen molar-refractivity contribution in [1.29, 1.82) is 0 Å². The summed E-state index contributed by atoms with van der Waals surface area (Å²) in [4.78, 5) is 0. The molecule has 2 atom stereocenters. The number of aryl methyl sites for hydroxylation is 2. The smallest absolute Gasteiger partial charge is 0.139 e. The van der Waals surface area contributed by atoms with E-state index in [1.165, 1.54) is 6.07 Å². The average molecular weight is 287 g/mol. The van der Waals surface area contributed by atoms with E-state index in [1.54, 1.807) is 19.1 Å². The molecule has 0 amide bonds. The Morgan fingerprint density at radius 1 is 1.10 bits per heavy atom. The molecule has 21 heavy (non-hydrogen) atoms. The van der Waals surface area contributed by atoms with Gasteiger partial charge in [-0.1, -0.05) is 37.3 Å². The summed E-state index contributed by atoms with van der Waals surface area (Å²) in [6.07, 6.45) is 0.506. The maximum absolute atomic E-state index is 13.7. The molecule has 0 heterocycles. The largest absolute Gasteiger partial charge is 0.484 e. The fraction of sp³-hybridized carbons (Fsp3) is 0.333. The Morgan fingerprint density at radius 2 is 1.81 bits per heavy atom. The second-order valence-electron chi connectivity index (χ2n) is 5.38. The van der Waals surface area contributed by atoms with E-state index in [9.17, 15) is 4.39 Å². The highest BCUT2D eigenvalue weighted by Gasteiger charge is 2.22. The van der Waals surface area contributed by atoms with Crippen LogP contribution in [0.15, 0.2) is 42.5 Å². The zero-order valence-corrected chi connectivity index (χ0v) is 12.8. The molecule has 2 unspecified atom stereocenters. The van der Waals surface area contributed by atoms with Crippen molar-refractivity contribution >= 4 is 0 Å². The molecule has 0 aliphatic rings. The third-order valence-corrected chi connectivity index (χ3v) is 3.76. The molecular formula is C18H22FNO. The third kappa shape index (κ3) is 3.61. The van der Waals surface area contributed by atoms with Crippen molar-refractivity contribution in [1.82, 2.24) is 0 Å². The summed E-state index contributed by atoms with van der Waals surface area (Å²) in [5, 5.41) is 0.